The van der Waals surface area contributed by atoms with Crippen molar-refractivity contribution < 1.29 is 5.11 Å². The zero-order chi connectivity index (χ0) is 16.8. The van der Waals surface area contributed by atoms with Crippen LogP contribution < -0.4 is 5.32 Å². The molecule has 0 amide bonds. The van der Waals surface area contributed by atoms with Gasteiger partial charge in [0.25, 0.3) is 0 Å². The molecule has 0 atom stereocenters. The molecule has 0 bridgehead atoms. The first-order valence-corrected chi connectivity index (χ1v) is 7.92. The third kappa shape index (κ3) is 3.83. The van der Waals surface area contributed by atoms with E-state index in [4.69, 9.17) is 21.7 Å². The Morgan fingerprint density at radius 3 is 2.79 bits per heavy atom. The van der Waals surface area contributed by atoms with Crippen molar-refractivity contribution in [2.24, 2.45) is 9.98 Å². The van der Waals surface area contributed by atoms with Crippen molar-refractivity contribution in [2.75, 3.05) is 25.0 Å². The van der Waals surface area contributed by atoms with Gasteiger partial charge >= 0.3 is 0 Å². The Labute approximate surface area is 145 Å². The van der Waals surface area contributed by atoms with Crippen LogP contribution in [0.4, 0.5) is 5.69 Å². The molecule has 0 saturated heterocycles. The SMILES string of the molecule is OCC#CCN=C1CN=C(c2ccccc2)c2cc(Cl)ccc2N1. The maximum Gasteiger partial charge on any atom is 0.124 e. The normalized spacial score (nSPS) is 14.8. The number of rotatable bonds is 2. The average molecular weight is 338 g/mol. The highest BCUT2D eigenvalue weighted by Crippen LogP contribution is 2.26. The molecule has 0 fully saturated rings. The van der Waals surface area contributed by atoms with Gasteiger partial charge in [0.2, 0.25) is 0 Å². The van der Waals surface area contributed by atoms with Crippen LogP contribution in [0, 0.1) is 11.8 Å². The van der Waals surface area contributed by atoms with Gasteiger partial charge in [-0.15, -0.1) is 0 Å². The lowest BCUT2D eigenvalue weighted by atomic mass is 10.0. The molecule has 2 N–H and O–H groups in total. The summed E-state index contributed by atoms with van der Waals surface area (Å²) in [7, 11) is 0. The van der Waals surface area contributed by atoms with Crippen molar-refractivity contribution in [3.63, 3.8) is 0 Å². The van der Waals surface area contributed by atoms with Gasteiger partial charge < -0.3 is 10.4 Å². The van der Waals surface area contributed by atoms with Crippen molar-refractivity contribution in [1.29, 1.82) is 0 Å². The first-order valence-electron chi connectivity index (χ1n) is 7.54. The standard InChI is InChI=1S/C19H16ClN3O/c20-15-8-9-17-16(12-15)19(14-6-2-1-3-7-14)22-13-18(23-17)21-10-4-5-11-24/h1-3,6-9,12,24H,10-11,13H2,(H,21,23). The number of amidine groups is 1. The predicted octanol–water partition coefficient (Wildman–Crippen LogP) is 3.00. The Hall–Kier alpha value is -2.61. The minimum absolute atomic E-state index is 0.157. The van der Waals surface area contributed by atoms with Gasteiger partial charge in [-0.3, -0.25) is 9.98 Å². The van der Waals surface area contributed by atoms with E-state index in [1.54, 1.807) is 0 Å². The topological polar surface area (TPSA) is 57.0 Å². The molecule has 2 aromatic rings. The van der Waals surface area contributed by atoms with E-state index in [0.717, 1.165) is 28.4 Å². The first-order chi connectivity index (χ1) is 11.8. The Bertz CT molecular complexity index is 848. The number of halogens is 1. The molecule has 3 rings (SSSR count). The number of benzene rings is 2. The largest absolute Gasteiger partial charge is 0.384 e. The van der Waals surface area contributed by atoms with Gasteiger partial charge in [-0.05, 0) is 18.2 Å². The van der Waals surface area contributed by atoms with Crippen molar-refractivity contribution in [3.8, 4) is 11.8 Å². The van der Waals surface area contributed by atoms with E-state index in [1.165, 1.54) is 0 Å². The van der Waals surface area contributed by atoms with Crippen LogP contribution in [-0.4, -0.2) is 36.4 Å². The lowest BCUT2D eigenvalue weighted by Gasteiger charge is -2.11. The molecule has 1 aliphatic rings. The fourth-order valence-corrected chi connectivity index (χ4v) is 2.61. The molecule has 120 valence electrons. The van der Waals surface area contributed by atoms with Crippen molar-refractivity contribution >= 4 is 28.8 Å². The van der Waals surface area contributed by atoms with Crippen LogP contribution in [0.5, 0.6) is 0 Å². The molecule has 24 heavy (non-hydrogen) atoms. The van der Waals surface area contributed by atoms with Gasteiger partial charge in [0.15, 0.2) is 0 Å². The molecule has 0 radical (unpaired) electrons. The summed E-state index contributed by atoms with van der Waals surface area (Å²) >= 11 is 6.18. The number of benzodiazepines with no additional fused rings is 1. The molecule has 5 heteroatoms. The van der Waals surface area contributed by atoms with E-state index < -0.39 is 0 Å². The quantitative estimate of drug-likeness (QED) is 0.828. The molecule has 0 aliphatic carbocycles. The summed E-state index contributed by atoms with van der Waals surface area (Å²) in [5.74, 6) is 6.10. The number of hydrogen-bond acceptors (Lipinski definition) is 3. The number of nitrogens with one attached hydrogen (secondary N) is 1. The number of nitrogens with zero attached hydrogens (tertiary/aromatic N) is 2. The Kier molecular flexibility index (Phi) is 5.27. The molecule has 0 saturated carbocycles. The van der Waals surface area contributed by atoms with E-state index in [0.29, 0.717) is 18.1 Å². The highest BCUT2D eigenvalue weighted by Gasteiger charge is 2.17. The van der Waals surface area contributed by atoms with Crippen LogP contribution in [-0.2, 0) is 0 Å². The number of aliphatic imine (C=N–C) groups is 2. The fourth-order valence-electron chi connectivity index (χ4n) is 2.43. The molecule has 1 heterocycles. The number of aliphatic hydroxyl groups excluding tert-OH is 1. The highest BCUT2D eigenvalue weighted by molar-refractivity contribution is 6.32. The smallest absolute Gasteiger partial charge is 0.124 e. The second-order valence-corrected chi connectivity index (χ2v) is 5.56. The zero-order valence-electron chi connectivity index (χ0n) is 13.0. The highest BCUT2D eigenvalue weighted by atomic mass is 35.5. The Morgan fingerprint density at radius 1 is 1.17 bits per heavy atom. The van der Waals surface area contributed by atoms with Gasteiger partial charge in [-0.1, -0.05) is 53.8 Å². The molecule has 0 aromatic heterocycles. The summed E-state index contributed by atoms with van der Waals surface area (Å²) in [6.07, 6.45) is 0. The second-order valence-electron chi connectivity index (χ2n) is 5.12. The number of fused-ring (bicyclic) bond motifs is 1. The predicted molar refractivity (Wildman–Crippen MR) is 99.2 cm³/mol. The summed E-state index contributed by atoms with van der Waals surface area (Å²) < 4.78 is 0. The summed E-state index contributed by atoms with van der Waals surface area (Å²) in [5.41, 5.74) is 3.77. The Morgan fingerprint density at radius 2 is 2.00 bits per heavy atom. The summed E-state index contributed by atoms with van der Waals surface area (Å²) in [4.78, 5) is 9.13. The van der Waals surface area contributed by atoms with Crippen molar-refractivity contribution in [3.05, 3.63) is 64.7 Å². The lowest BCUT2D eigenvalue weighted by molar-refractivity contribution is 0.350. The Balaban J connectivity index is 2.01. The summed E-state index contributed by atoms with van der Waals surface area (Å²) in [6, 6.07) is 15.7. The second kappa shape index (κ2) is 7.78. The lowest BCUT2D eigenvalue weighted by Crippen LogP contribution is -2.15. The van der Waals surface area contributed by atoms with Crippen LogP contribution >= 0.6 is 11.6 Å². The third-order valence-electron chi connectivity index (χ3n) is 3.50. The van der Waals surface area contributed by atoms with Crippen LogP contribution in [0.1, 0.15) is 11.1 Å². The summed E-state index contributed by atoms with van der Waals surface area (Å²) in [5, 5.41) is 12.7. The molecule has 2 aromatic carbocycles. The monoisotopic (exact) mass is 337 g/mol. The molecule has 4 nitrogen and oxygen atoms in total. The third-order valence-corrected chi connectivity index (χ3v) is 3.74. The minimum atomic E-state index is -0.157. The molecule has 0 unspecified atom stereocenters. The zero-order valence-corrected chi connectivity index (χ0v) is 13.7. The number of hydrogen-bond donors (Lipinski definition) is 2. The van der Waals surface area contributed by atoms with Gasteiger partial charge in [-0.2, -0.15) is 0 Å². The fraction of sp³-hybridized carbons (Fsp3) is 0.158. The van der Waals surface area contributed by atoms with Gasteiger partial charge in [0.1, 0.15) is 19.0 Å². The van der Waals surface area contributed by atoms with E-state index in [1.807, 2.05) is 48.5 Å². The number of aliphatic hydroxyl groups is 1. The molecule has 0 spiro atoms. The molecular formula is C19H16ClN3O. The average Bonchev–Trinajstić information content (AvgIpc) is 2.78. The number of anilines is 1. The van der Waals surface area contributed by atoms with Crippen LogP contribution in [0.3, 0.4) is 0 Å². The van der Waals surface area contributed by atoms with E-state index >= 15 is 0 Å². The van der Waals surface area contributed by atoms with Crippen LogP contribution in [0.25, 0.3) is 0 Å². The first kappa shape index (κ1) is 16.3. The van der Waals surface area contributed by atoms with Crippen LogP contribution in [0.2, 0.25) is 5.02 Å². The van der Waals surface area contributed by atoms with Crippen molar-refractivity contribution in [2.45, 2.75) is 0 Å². The van der Waals surface area contributed by atoms with Gasteiger partial charge in [0, 0.05) is 21.8 Å². The van der Waals surface area contributed by atoms with E-state index in [9.17, 15) is 0 Å². The van der Waals surface area contributed by atoms with Crippen LogP contribution in [0.15, 0.2) is 58.5 Å². The van der Waals surface area contributed by atoms with E-state index in [-0.39, 0.29) is 6.61 Å². The molecule has 1 aliphatic heterocycles. The minimum Gasteiger partial charge on any atom is -0.384 e. The van der Waals surface area contributed by atoms with Crippen molar-refractivity contribution in [1.82, 2.24) is 0 Å². The summed E-state index contributed by atoms with van der Waals surface area (Å²) in [6.45, 7) is 0.593. The van der Waals surface area contributed by atoms with Gasteiger partial charge in [-0.25, -0.2) is 0 Å². The van der Waals surface area contributed by atoms with E-state index in [2.05, 4.69) is 22.2 Å². The maximum atomic E-state index is 8.69. The molecular weight excluding hydrogens is 322 g/mol. The maximum absolute atomic E-state index is 8.69. The van der Waals surface area contributed by atoms with Gasteiger partial charge in [0.05, 0.1) is 12.3 Å².